The van der Waals surface area contributed by atoms with Crippen LogP contribution in [-0.4, -0.2) is 24.7 Å². The third-order valence-electron chi connectivity index (χ3n) is 4.20. The number of halogens is 1. The maximum atomic E-state index is 11.1. The summed E-state index contributed by atoms with van der Waals surface area (Å²) in [6, 6.07) is 16.1. The quantitative estimate of drug-likeness (QED) is 0.553. The zero-order valence-corrected chi connectivity index (χ0v) is 15.6. The van der Waals surface area contributed by atoms with Crippen molar-refractivity contribution < 1.29 is 19.1 Å². The summed E-state index contributed by atoms with van der Waals surface area (Å²) in [6.07, 6.45) is 0.837. The summed E-state index contributed by atoms with van der Waals surface area (Å²) in [4.78, 5) is 11.1. The first kappa shape index (κ1) is 19.0. The Morgan fingerprint density at radius 2 is 2.00 bits per heavy atom. The Kier molecular flexibility index (Phi) is 6.16. The molecule has 140 valence electrons. The van der Waals surface area contributed by atoms with E-state index in [1.165, 1.54) is 12.1 Å². The van der Waals surface area contributed by atoms with Crippen molar-refractivity contribution in [1.82, 2.24) is 5.32 Å². The van der Waals surface area contributed by atoms with Crippen molar-refractivity contribution in [2.24, 2.45) is 0 Å². The fourth-order valence-electron chi connectivity index (χ4n) is 2.81. The van der Waals surface area contributed by atoms with Crippen LogP contribution in [0.1, 0.15) is 21.7 Å². The summed E-state index contributed by atoms with van der Waals surface area (Å²) >= 11 is 6.19. The zero-order valence-electron chi connectivity index (χ0n) is 14.9. The van der Waals surface area contributed by atoms with Crippen LogP contribution < -0.4 is 10.1 Å². The highest BCUT2D eigenvalue weighted by molar-refractivity contribution is 6.33. The normalized spacial score (nSPS) is 10.7. The number of para-hydroxylation sites is 1. The van der Waals surface area contributed by atoms with Crippen molar-refractivity contribution in [3.05, 3.63) is 76.5 Å². The number of carbonyl (C=O) groups is 1. The van der Waals surface area contributed by atoms with E-state index in [0.717, 1.165) is 30.0 Å². The first-order valence-electron chi connectivity index (χ1n) is 8.53. The monoisotopic (exact) mass is 385 g/mol. The van der Waals surface area contributed by atoms with Gasteiger partial charge in [-0.2, -0.15) is 0 Å². The molecule has 6 heteroatoms. The third kappa shape index (κ3) is 4.70. The average molecular weight is 386 g/mol. The van der Waals surface area contributed by atoms with Gasteiger partial charge in [0.25, 0.3) is 0 Å². The molecule has 0 atom stereocenters. The van der Waals surface area contributed by atoms with Gasteiger partial charge in [-0.05, 0) is 54.9 Å². The first-order valence-corrected chi connectivity index (χ1v) is 8.91. The molecular weight excluding hydrogens is 366 g/mol. The lowest BCUT2D eigenvalue weighted by Crippen LogP contribution is -2.16. The molecule has 0 saturated carbocycles. The van der Waals surface area contributed by atoms with Gasteiger partial charge in [-0.15, -0.1) is 0 Å². The molecule has 1 aromatic heterocycles. The van der Waals surface area contributed by atoms with Crippen molar-refractivity contribution in [1.29, 1.82) is 0 Å². The smallest absolute Gasteiger partial charge is 0.335 e. The Bertz CT molecular complexity index is 935. The topological polar surface area (TPSA) is 71.7 Å². The molecule has 0 spiro atoms. The van der Waals surface area contributed by atoms with Crippen LogP contribution in [0.5, 0.6) is 5.75 Å². The van der Waals surface area contributed by atoms with Gasteiger partial charge in [0.05, 0.1) is 24.2 Å². The number of ether oxygens (including phenoxy) is 1. The van der Waals surface area contributed by atoms with Gasteiger partial charge in [-0.3, -0.25) is 0 Å². The second-order valence-electron chi connectivity index (χ2n) is 6.00. The predicted octanol–water partition coefficient (Wildman–Crippen LogP) is 4.64. The van der Waals surface area contributed by atoms with Crippen LogP contribution >= 0.6 is 11.6 Å². The minimum atomic E-state index is -1.00. The minimum absolute atomic E-state index is 0.169. The Morgan fingerprint density at radius 1 is 1.19 bits per heavy atom. The van der Waals surface area contributed by atoms with Gasteiger partial charge in [-0.1, -0.05) is 29.8 Å². The molecule has 0 amide bonds. The van der Waals surface area contributed by atoms with E-state index in [9.17, 15) is 4.79 Å². The molecule has 0 saturated heterocycles. The van der Waals surface area contributed by atoms with Crippen molar-refractivity contribution in [2.45, 2.75) is 13.0 Å². The fraction of sp³-hybridized carbons (Fsp3) is 0.190. The lowest BCUT2D eigenvalue weighted by atomic mass is 10.1. The van der Waals surface area contributed by atoms with Gasteiger partial charge in [0.1, 0.15) is 17.3 Å². The number of benzene rings is 2. The number of furan rings is 1. The van der Waals surface area contributed by atoms with E-state index in [1.54, 1.807) is 19.2 Å². The highest BCUT2D eigenvalue weighted by Crippen LogP contribution is 2.30. The van der Waals surface area contributed by atoms with E-state index in [0.29, 0.717) is 22.9 Å². The number of hydrogen-bond acceptors (Lipinski definition) is 4. The summed E-state index contributed by atoms with van der Waals surface area (Å²) < 4.78 is 11.2. The van der Waals surface area contributed by atoms with Crippen LogP contribution in [0.4, 0.5) is 0 Å². The van der Waals surface area contributed by atoms with Crippen molar-refractivity contribution >= 4 is 17.6 Å². The molecule has 3 aromatic rings. The lowest BCUT2D eigenvalue weighted by Gasteiger charge is -2.08. The van der Waals surface area contributed by atoms with Crippen LogP contribution in [0.2, 0.25) is 5.02 Å². The predicted molar refractivity (Wildman–Crippen MR) is 105 cm³/mol. The number of hydrogen-bond donors (Lipinski definition) is 2. The van der Waals surface area contributed by atoms with Gasteiger partial charge in [0.2, 0.25) is 0 Å². The van der Waals surface area contributed by atoms with E-state index in [2.05, 4.69) is 5.32 Å². The molecule has 5 nitrogen and oxygen atoms in total. The third-order valence-corrected chi connectivity index (χ3v) is 4.53. The number of carboxylic acids is 1. The Morgan fingerprint density at radius 3 is 2.78 bits per heavy atom. The highest BCUT2D eigenvalue weighted by atomic mass is 35.5. The summed E-state index contributed by atoms with van der Waals surface area (Å²) in [5, 5.41) is 12.9. The van der Waals surface area contributed by atoms with E-state index in [1.807, 2.05) is 30.3 Å². The largest absolute Gasteiger partial charge is 0.496 e. The van der Waals surface area contributed by atoms with E-state index in [-0.39, 0.29) is 5.56 Å². The Labute approximate surface area is 162 Å². The first-order chi connectivity index (χ1) is 13.1. The average Bonchev–Trinajstić information content (AvgIpc) is 3.14. The number of nitrogens with one attached hydrogen (secondary N) is 1. The van der Waals surface area contributed by atoms with E-state index in [4.69, 9.17) is 25.9 Å². The van der Waals surface area contributed by atoms with Crippen LogP contribution in [0, 0.1) is 0 Å². The van der Waals surface area contributed by atoms with Crippen LogP contribution in [-0.2, 0) is 13.0 Å². The number of rotatable bonds is 8. The molecule has 1 heterocycles. The molecule has 2 N–H and O–H groups in total. The van der Waals surface area contributed by atoms with E-state index < -0.39 is 5.97 Å². The van der Waals surface area contributed by atoms with Crippen LogP contribution in [0.3, 0.4) is 0 Å². The van der Waals surface area contributed by atoms with Crippen molar-refractivity contribution in [3.8, 4) is 17.1 Å². The lowest BCUT2D eigenvalue weighted by molar-refractivity contribution is 0.0697. The summed E-state index contributed by atoms with van der Waals surface area (Å²) in [5.74, 6) is 1.18. The summed E-state index contributed by atoms with van der Waals surface area (Å²) in [7, 11) is 1.67. The van der Waals surface area contributed by atoms with Gasteiger partial charge in [0.15, 0.2) is 0 Å². The summed E-state index contributed by atoms with van der Waals surface area (Å²) in [5.41, 5.74) is 1.88. The molecule has 0 bridgehead atoms. The number of carboxylic acid groups (broad SMARTS) is 1. The summed E-state index contributed by atoms with van der Waals surface area (Å²) in [6.45, 7) is 1.33. The minimum Gasteiger partial charge on any atom is -0.496 e. The molecule has 0 unspecified atom stereocenters. The Hall–Kier alpha value is -2.76. The highest BCUT2D eigenvalue weighted by Gasteiger charge is 2.12. The molecule has 2 aromatic carbocycles. The standard InChI is InChI=1S/C21H20ClNO4/c1-26-19-5-3-2-4-14(19)10-11-23-13-16-7-9-20(27-16)17-12-15(21(24)25)6-8-18(17)22/h2-9,12,23H,10-11,13H2,1H3,(H,24,25). The fourth-order valence-corrected chi connectivity index (χ4v) is 3.02. The second kappa shape index (κ2) is 8.75. The molecule has 0 radical (unpaired) electrons. The SMILES string of the molecule is COc1ccccc1CCNCc1ccc(-c2cc(C(=O)O)ccc2Cl)o1. The number of methoxy groups -OCH3 is 1. The second-order valence-corrected chi connectivity index (χ2v) is 6.41. The zero-order chi connectivity index (χ0) is 19.2. The maximum Gasteiger partial charge on any atom is 0.335 e. The molecule has 3 rings (SSSR count). The molecule has 0 fully saturated rings. The van der Waals surface area contributed by atoms with Gasteiger partial charge in [-0.25, -0.2) is 4.79 Å². The van der Waals surface area contributed by atoms with Gasteiger partial charge in [0, 0.05) is 5.56 Å². The van der Waals surface area contributed by atoms with Crippen molar-refractivity contribution in [3.63, 3.8) is 0 Å². The van der Waals surface area contributed by atoms with Crippen molar-refractivity contribution in [2.75, 3.05) is 13.7 Å². The number of aromatic carboxylic acids is 1. The van der Waals surface area contributed by atoms with Crippen LogP contribution in [0.15, 0.2) is 59.0 Å². The van der Waals surface area contributed by atoms with Gasteiger partial charge < -0.3 is 19.6 Å². The molecule has 0 aliphatic rings. The maximum absolute atomic E-state index is 11.1. The molecular formula is C21H20ClNO4. The molecule has 27 heavy (non-hydrogen) atoms. The van der Waals surface area contributed by atoms with E-state index >= 15 is 0 Å². The molecule has 0 aliphatic carbocycles. The van der Waals surface area contributed by atoms with Crippen LogP contribution in [0.25, 0.3) is 11.3 Å². The Balaban J connectivity index is 1.60. The molecule has 0 aliphatic heterocycles. The van der Waals surface area contributed by atoms with Gasteiger partial charge >= 0.3 is 5.97 Å².